The number of hydrogen-bond acceptors (Lipinski definition) is 7. The number of sulfone groups is 1. The number of carbonyl (C=O) groups excluding carboxylic acids is 1. The molecule has 2 N–H and O–H groups in total. The average Bonchev–Trinajstić information content (AvgIpc) is 3.18. The number of carbonyl (C=O) groups is 1. The molecule has 1 unspecified atom stereocenters. The van der Waals surface area contributed by atoms with E-state index in [1.165, 1.54) is 0 Å². The fourth-order valence-electron chi connectivity index (χ4n) is 3.77. The van der Waals surface area contributed by atoms with E-state index in [4.69, 9.17) is 4.74 Å². The van der Waals surface area contributed by atoms with Gasteiger partial charge in [-0.05, 0) is 63.1 Å². The molecule has 0 saturated heterocycles. The molecule has 1 atom stereocenters. The molecule has 1 amide bonds. The van der Waals surface area contributed by atoms with Crippen LogP contribution in [0.15, 0.2) is 35.5 Å². The summed E-state index contributed by atoms with van der Waals surface area (Å²) in [6.45, 7) is 5.45. The molecular weight excluding hydrogens is 394 g/mol. The Balaban J connectivity index is 1.74. The molecule has 0 radical (unpaired) electrons. The molecule has 3 rings (SSSR count). The Morgan fingerprint density at radius 3 is 2.38 bits per heavy atom. The van der Waals surface area contributed by atoms with Gasteiger partial charge in [0.05, 0.1) is 5.25 Å². The first-order valence-electron chi connectivity index (χ1n) is 9.68. The van der Waals surface area contributed by atoms with Gasteiger partial charge in [-0.2, -0.15) is 5.21 Å². The number of H-pyrrole nitrogens is 1. The largest absolute Gasteiger partial charge is 0.444 e. The third-order valence-electron chi connectivity index (χ3n) is 4.96. The molecule has 1 saturated carbocycles. The minimum absolute atomic E-state index is 0.0367. The first-order chi connectivity index (χ1) is 13.7. The van der Waals surface area contributed by atoms with Crippen LogP contribution in [0.25, 0.3) is 0 Å². The van der Waals surface area contributed by atoms with E-state index < -0.39 is 26.8 Å². The minimum Gasteiger partial charge on any atom is -0.444 e. The van der Waals surface area contributed by atoms with Crippen molar-refractivity contribution in [1.29, 1.82) is 0 Å². The molecule has 1 aromatic heterocycles. The summed E-state index contributed by atoms with van der Waals surface area (Å²) < 4.78 is 31.8. The SMILES string of the molecule is CC(C)(C)OC(=O)NC1CCC(C(c2ccccc2)S(=O)(=O)c2nn[nH]n2)CC1. The predicted molar refractivity (Wildman–Crippen MR) is 106 cm³/mol. The molecule has 158 valence electrons. The van der Waals surface area contributed by atoms with Crippen LogP contribution >= 0.6 is 0 Å². The quantitative estimate of drug-likeness (QED) is 0.760. The normalized spacial score (nSPS) is 21.3. The van der Waals surface area contributed by atoms with E-state index in [2.05, 4.69) is 25.9 Å². The van der Waals surface area contributed by atoms with Gasteiger partial charge in [0, 0.05) is 6.04 Å². The lowest BCUT2D eigenvalue weighted by Gasteiger charge is -2.34. The van der Waals surface area contributed by atoms with Crippen molar-refractivity contribution in [3.8, 4) is 0 Å². The zero-order valence-corrected chi connectivity index (χ0v) is 17.6. The summed E-state index contributed by atoms with van der Waals surface area (Å²) in [5.41, 5.74) is 0.152. The summed E-state index contributed by atoms with van der Waals surface area (Å²) in [7, 11) is -3.80. The van der Waals surface area contributed by atoms with Gasteiger partial charge >= 0.3 is 6.09 Å². The monoisotopic (exact) mass is 421 g/mol. The van der Waals surface area contributed by atoms with Crippen molar-refractivity contribution < 1.29 is 17.9 Å². The Kier molecular flexibility index (Phi) is 6.21. The van der Waals surface area contributed by atoms with Crippen molar-refractivity contribution in [2.75, 3.05) is 0 Å². The summed E-state index contributed by atoms with van der Waals surface area (Å²) in [6.07, 6.45) is 2.21. The average molecular weight is 422 g/mol. The van der Waals surface area contributed by atoms with Crippen molar-refractivity contribution in [1.82, 2.24) is 25.9 Å². The van der Waals surface area contributed by atoms with Gasteiger partial charge < -0.3 is 10.1 Å². The van der Waals surface area contributed by atoms with Gasteiger partial charge in [-0.1, -0.05) is 35.4 Å². The maximum Gasteiger partial charge on any atom is 0.407 e. The highest BCUT2D eigenvalue weighted by atomic mass is 32.2. The summed E-state index contributed by atoms with van der Waals surface area (Å²) in [5, 5.41) is 14.9. The zero-order chi connectivity index (χ0) is 21.1. The Labute approximate surface area is 170 Å². The second-order valence-electron chi connectivity index (χ2n) is 8.33. The van der Waals surface area contributed by atoms with Crippen LogP contribution in [0, 0.1) is 5.92 Å². The smallest absolute Gasteiger partial charge is 0.407 e. The lowest BCUT2D eigenvalue weighted by molar-refractivity contribution is 0.0487. The van der Waals surface area contributed by atoms with Gasteiger partial charge in [-0.25, -0.2) is 13.2 Å². The van der Waals surface area contributed by atoms with Gasteiger partial charge in [0.15, 0.2) is 0 Å². The van der Waals surface area contributed by atoms with Crippen molar-refractivity contribution in [2.24, 2.45) is 5.92 Å². The van der Waals surface area contributed by atoms with Gasteiger partial charge in [0.1, 0.15) is 5.60 Å². The second-order valence-corrected chi connectivity index (χ2v) is 10.3. The Morgan fingerprint density at radius 2 is 1.83 bits per heavy atom. The molecular formula is C19H27N5O4S. The van der Waals surface area contributed by atoms with Crippen molar-refractivity contribution in [2.45, 2.75) is 68.5 Å². The third-order valence-corrected chi connectivity index (χ3v) is 6.97. The van der Waals surface area contributed by atoms with E-state index in [0.29, 0.717) is 31.2 Å². The molecule has 29 heavy (non-hydrogen) atoms. The van der Waals surface area contributed by atoms with Crippen LogP contribution in [-0.2, 0) is 14.6 Å². The number of rotatable bonds is 5. The number of benzene rings is 1. The highest BCUT2D eigenvalue weighted by Crippen LogP contribution is 2.41. The molecule has 0 aliphatic heterocycles. The van der Waals surface area contributed by atoms with Crippen molar-refractivity contribution >= 4 is 15.9 Å². The minimum atomic E-state index is -3.80. The number of aromatic nitrogens is 4. The van der Waals surface area contributed by atoms with Crippen LogP contribution in [-0.4, -0.2) is 46.8 Å². The number of amides is 1. The molecule has 0 spiro atoms. The van der Waals surface area contributed by atoms with Crippen LogP contribution in [0.2, 0.25) is 0 Å². The molecule has 1 aliphatic rings. The Morgan fingerprint density at radius 1 is 1.17 bits per heavy atom. The van der Waals surface area contributed by atoms with Gasteiger partial charge in [-0.3, -0.25) is 0 Å². The molecule has 1 heterocycles. The molecule has 2 aromatic rings. The third kappa shape index (κ3) is 5.31. The lowest BCUT2D eigenvalue weighted by Crippen LogP contribution is -2.41. The van der Waals surface area contributed by atoms with Crippen LogP contribution in [0.1, 0.15) is 57.3 Å². The summed E-state index contributed by atoms with van der Waals surface area (Å²) >= 11 is 0. The number of nitrogens with zero attached hydrogens (tertiary/aromatic N) is 3. The zero-order valence-electron chi connectivity index (χ0n) is 16.8. The van der Waals surface area contributed by atoms with Crippen molar-refractivity contribution in [3.05, 3.63) is 35.9 Å². The Hall–Kier alpha value is -2.49. The summed E-state index contributed by atoms with van der Waals surface area (Å²) in [5.74, 6) is -0.113. The fourth-order valence-corrected chi connectivity index (χ4v) is 5.62. The van der Waals surface area contributed by atoms with E-state index >= 15 is 0 Å². The first kappa shape index (κ1) is 21.2. The number of ether oxygens (including phenoxy) is 1. The van der Waals surface area contributed by atoms with E-state index in [0.717, 1.165) is 0 Å². The van der Waals surface area contributed by atoms with Crippen LogP contribution in [0.5, 0.6) is 0 Å². The molecule has 10 heteroatoms. The predicted octanol–water partition coefficient (Wildman–Crippen LogP) is 2.80. The van der Waals surface area contributed by atoms with Gasteiger partial charge in [0.2, 0.25) is 9.84 Å². The highest BCUT2D eigenvalue weighted by Gasteiger charge is 2.40. The lowest BCUT2D eigenvalue weighted by atomic mass is 9.82. The highest BCUT2D eigenvalue weighted by molar-refractivity contribution is 7.91. The summed E-state index contributed by atoms with van der Waals surface area (Å²) in [6, 6.07) is 9.09. The van der Waals surface area contributed by atoms with E-state index in [1.54, 1.807) is 0 Å². The van der Waals surface area contributed by atoms with Gasteiger partial charge in [0.25, 0.3) is 5.16 Å². The molecule has 1 aliphatic carbocycles. The van der Waals surface area contributed by atoms with Gasteiger partial charge in [-0.15, -0.1) is 5.10 Å². The maximum absolute atomic E-state index is 13.2. The number of aromatic amines is 1. The molecule has 1 fully saturated rings. The van der Waals surface area contributed by atoms with Crippen LogP contribution in [0.3, 0.4) is 0 Å². The first-order valence-corrected chi connectivity index (χ1v) is 11.2. The van der Waals surface area contributed by atoms with E-state index in [9.17, 15) is 13.2 Å². The van der Waals surface area contributed by atoms with Crippen LogP contribution in [0.4, 0.5) is 4.79 Å². The fraction of sp³-hybridized carbons (Fsp3) is 0.579. The van der Waals surface area contributed by atoms with E-state index in [1.807, 2.05) is 51.1 Å². The Bertz CT molecular complexity index is 902. The van der Waals surface area contributed by atoms with Crippen LogP contribution < -0.4 is 5.32 Å². The maximum atomic E-state index is 13.2. The number of alkyl carbamates (subject to hydrolysis) is 1. The summed E-state index contributed by atoms with van der Waals surface area (Å²) in [4.78, 5) is 12.0. The van der Waals surface area contributed by atoms with E-state index in [-0.39, 0.29) is 17.1 Å². The molecule has 0 bridgehead atoms. The molecule has 1 aromatic carbocycles. The molecule has 9 nitrogen and oxygen atoms in total. The number of hydrogen-bond donors (Lipinski definition) is 2. The second kappa shape index (κ2) is 8.48. The standard InChI is InChI=1S/C19H27N5O4S/c1-19(2,3)28-18(25)20-15-11-9-14(10-12-15)16(13-7-5-4-6-8-13)29(26,27)17-21-23-24-22-17/h4-8,14-16H,9-12H2,1-3H3,(H,20,25)(H,21,22,23,24). The topological polar surface area (TPSA) is 127 Å². The number of nitrogens with one attached hydrogen (secondary N) is 2. The number of tetrazole rings is 1. The van der Waals surface area contributed by atoms with Crippen molar-refractivity contribution in [3.63, 3.8) is 0 Å².